The van der Waals surface area contributed by atoms with E-state index in [1.165, 1.54) is 0 Å². The maximum atomic E-state index is 12.7. The van der Waals surface area contributed by atoms with E-state index in [0.29, 0.717) is 25.8 Å². The van der Waals surface area contributed by atoms with Gasteiger partial charge in [-0.3, -0.25) is 9.59 Å². The van der Waals surface area contributed by atoms with Crippen LogP contribution in [-0.4, -0.2) is 59.0 Å². The summed E-state index contributed by atoms with van der Waals surface area (Å²) < 4.78 is 0. The molecule has 5 nitrogen and oxygen atoms in total. The maximum Gasteiger partial charge on any atom is 0.225 e. The lowest BCUT2D eigenvalue weighted by molar-refractivity contribution is -0.139. The van der Waals surface area contributed by atoms with Gasteiger partial charge in [-0.1, -0.05) is 13.8 Å². The zero-order chi connectivity index (χ0) is 18.6. The van der Waals surface area contributed by atoms with Gasteiger partial charge in [0.15, 0.2) is 0 Å². The first kappa shape index (κ1) is 20.2. The number of rotatable bonds is 0. The number of hydrogen-bond acceptors (Lipinski definition) is 3. The molecule has 0 aromatic heterocycles. The monoisotopic (exact) mass is 352 g/mol. The number of carbonyl (C=O) groups excluding carboxylic acids is 2. The second kappa shape index (κ2) is 8.52. The van der Waals surface area contributed by atoms with Crippen LogP contribution in [0.1, 0.15) is 65.7 Å². The van der Waals surface area contributed by atoms with Gasteiger partial charge in [0, 0.05) is 39.0 Å². The Morgan fingerprint density at radius 1 is 1.12 bits per heavy atom. The Balaban J connectivity index is 2.12. The van der Waals surface area contributed by atoms with Gasteiger partial charge in [-0.2, -0.15) is 0 Å². The Labute approximate surface area is 152 Å². The third kappa shape index (κ3) is 5.98. The smallest absolute Gasteiger partial charge is 0.225 e. The molecule has 0 aromatic rings. The van der Waals surface area contributed by atoms with Crippen LogP contribution in [0.3, 0.4) is 0 Å². The molecule has 2 rings (SSSR count). The van der Waals surface area contributed by atoms with Crippen molar-refractivity contribution in [2.45, 2.75) is 71.3 Å². The fourth-order valence-electron chi connectivity index (χ4n) is 4.55. The van der Waals surface area contributed by atoms with Crippen LogP contribution in [0.2, 0.25) is 0 Å². The Morgan fingerprint density at radius 3 is 2.56 bits per heavy atom. The summed E-state index contributed by atoms with van der Waals surface area (Å²) in [5, 5.41) is 10.7. The standard InChI is InChI=1S/C20H36N2O3/c1-15-12-20(3,25)9-5-7-16(2)19(24)22-10-6-8-17(14-22)11-18(23)21(4)13-15/h15-17,25H,5-14H2,1-4H3/t15-,16-,17?,20+/m1/s1. The highest BCUT2D eigenvalue weighted by Gasteiger charge is 2.30. The molecule has 5 heteroatoms. The molecule has 0 aliphatic carbocycles. The van der Waals surface area contributed by atoms with E-state index in [1.54, 1.807) is 0 Å². The molecule has 4 atom stereocenters. The fraction of sp³-hybridized carbons (Fsp3) is 0.900. The van der Waals surface area contributed by atoms with Crippen LogP contribution in [0.5, 0.6) is 0 Å². The van der Waals surface area contributed by atoms with Gasteiger partial charge in [0.25, 0.3) is 0 Å². The fourth-order valence-corrected chi connectivity index (χ4v) is 4.55. The Kier molecular flexibility index (Phi) is 6.89. The van der Waals surface area contributed by atoms with Crippen LogP contribution < -0.4 is 0 Å². The minimum absolute atomic E-state index is 0.00419. The second-order valence-corrected chi connectivity index (χ2v) is 8.87. The quantitative estimate of drug-likeness (QED) is 0.729. The summed E-state index contributed by atoms with van der Waals surface area (Å²) in [7, 11) is 1.86. The first-order valence-electron chi connectivity index (χ1n) is 9.93. The highest BCUT2D eigenvalue weighted by Crippen LogP contribution is 2.27. The van der Waals surface area contributed by atoms with Gasteiger partial charge in [-0.15, -0.1) is 0 Å². The second-order valence-electron chi connectivity index (χ2n) is 8.87. The lowest BCUT2D eigenvalue weighted by Gasteiger charge is -2.35. The van der Waals surface area contributed by atoms with Crippen molar-refractivity contribution < 1.29 is 14.7 Å². The van der Waals surface area contributed by atoms with E-state index >= 15 is 0 Å². The van der Waals surface area contributed by atoms with Crippen LogP contribution in [0.25, 0.3) is 0 Å². The highest BCUT2D eigenvalue weighted by atomic mass is 16.3. The molecule has 2 saturated heterocycles. The minimum Gasteiger partial charge on any atom is -0.390 e. The summed E-state index contributed by atoms with van der Waals surface area (Å²) in [4.78, 5) is 29.1. The number of piperidine rings is 1. The normalized spacial score (nSPS) is 36.8. The lowest BCUT2D eigenvalue weighted by atomic mass is 9.87. The first-order chi connectivity index (χ1) is 11.7. The Morgan fingerprint density at radius 2 is 1.84 bits per heavy atom. The van der Waals surface area contributed by atoms with E-state index < -0.39 is 5.60 Å². The molecule has 2 amide bonds. The van der Waals surface area contributed by atoms with E-state index in [4.69, 9.17) is 0 Å². The van der Waals surface area contributed by atoms with Gasteiger partial charge in [-0.05, 0) is 57.3 Å². The zero-order valence-corrected chi connectivity index (χ0v) is 16.5. The molecular formula is C20H36N2O3. The summed E-state index contributed by atoms with van der Waals surface area (Å²) in [6.45, 7) is 8.20. The van der Waals surface area contributed by atoms with Crippen molar-refractivity contribution in [2.24, 2.45) is 17.8 Å². The molecule has 25 heavy (non-hydrogen) atoms. The minimum atomic E-state index is -0.734. The summed E-state index contributed by atoms with van der Waals surface area (Å²) >= 11 is 0. The van der Waals surface area contributed by atoms with E-state index in [1.807, 2.05) is 30.7 Å². The maximum absolute atomic E-state index is 12.7. The zero-order valence-electron chi connectivity index (χ0n) is 16.5. The number of fused-ring (bicyclic) bond motifs is 2. The van der Waals surface area contributed by atoms with Gasteiger partial charge < -0.3 is 14.9 Å². The molecule has 2 aliphatic rings. The molecule has 0 radical (unpaired) electrons. The number of carbonyl (C=O) groups is 2. The Bertz CT molecular complexity index is 478. The van der Waals surface area contributed by atoms with E-state index in [9.17, 15) is 14.7 Å². The van der Waals surface area contributed by atoms with Crippen molar-refractivity contribution in [3.05, 3.63) is 0 Å². The summed E-state index contributed by atoms with van der Waals surface area (Å²) in [5.41, 5.74) is -0.734. The number of nitrogens with zero attached hydrogens (tertiary/aromatic N) is 2. The van der Waals surface area contributed by atoms with E-state index in [2.05, 4.69) is 6.92 Å². The molecule has 0 aromatic carbocycles. The SMILES string of the molecule is C[C@H]1CN(C)C(=O)CC2CCCN(C2)C(=O)[C@H](C)CCC[C@](C)(O)C1. The molecule has 2 aliphatic heterocycles. The van der Waals surface area contributed by atoms with Crippen LogP contribution >= 0.6 is 0 Å². The van der Waals surface area contributed by atoms with Crippen LogP contribution in [0.15, 0.2) is 0 Å². The topological polar surface area (TPSA) is 60.9 Å². The highest BCUT2D eigenvalue weighted by molar-refractivity contribution is 5.79. The van der Waals surface area contributed by atoms with Crippen molar-refractivity contribution in [3.63, 3.8) is 0 Å². The van der Waals surface area contributed by atoms with Gasteiger partial charge in [-0.25, -0.2) is 0 Å². The Hall–Kier alpha value is -1.10. The van der Waals surface area contributed by atoms with Crippen LogP contribution in [-0.2, 0) is 9.59 Å². The molecule has 2 heterocycles. The average molecular weight is 353 g/mol. The predicted octanol–water partition coefficient (Wildman–Crippen LogP) is 2.67. The average Bonchev–Trinajstić information content (AvgIpc) is 2.52. The molecule has 1 N–H and O–H groups in total. The lowest BCUT2D eigenvalue weighted by Crippen LogP contribution is -2.44. The summed E-state index contributed by atoms with van der Waals surface area (Å²) in [6, 6.07) is 0. The van der Waals surface area contributed by atoms with Crippen molar-refractivity contribution in [1.82, 2.24) is 9.80 Å². The van der Waals surface area contributed by atoms with Gasteiger partial charge in [0.2, 0.25) is 11.8 Å². The molecule has 2 fully saturated rings. The van der Waals surface area contributed by atoms with Gasteiger partial charge in [0.05, 0.1) is 5.60 Å². The predicted molar refractivity (Wildman–Crippen MR) is 99.0 cm³/mol. The number of aliphatic hydroxyl groups is 1. The van der Waals surface area contributed by atoms with Crippen LogP contribution in [0, 0.1) is 17.8 Å². The largest absolute Gasteiger partial charge is 0.390 e. The number of hydrogen-bond donors (Lipinski definition) is 1. The third-order valence-electron chi connectivity index (χ3n) is 5.87. The summed E-state index contributed by atoms with van der Waals surface area (Å²) in [6.07, 6.45) is 5.62. The summed E-state index contributed by atoms with van der Waals surface area (Å²) in [5.74, 6) is 0.914. The molecule has 0 saturated carbocycles. The van der Waals surface area contributed by atoms with Gasteiger partial charge in [0.1, 0.15) is 0 Å². The number of amides is 2. The first-order valence-corrected chi connectivity index (χ1v) is 9.93. The van der Waals surface area contributed by atoms with Crippen molar-refractivity contribution in [2.75, 3.05) is 26.7 Å². The molecule has 144 valence electrons. The van der Waals surface area contributed by atoms with Crippen molar-refractivity contribution in [3.8, 4) is 0 Å². The van der Waals surface area contributed by atoms with Crippen molar-refractivity contribution >= 4 is 11.8 Å². The molecule has 1 unspecified atom stereocenters. The van der Waals surface area contributed by atoms with Gasteiger partial charge >= 0.3 is 0 Å². The molecular weight excluding hydrogens is 316 g/mol. The van der Waals surface area contributed by atoms with Crippen LogP contribution in [0.4, 0.5) is 0 Å². The third-order valence-corrected chi connectivity index (χ3v) is 5.87. The van der Waals surface area contributed by atoms with E-state index in [0.717, 1.165) is 38.8 Å². The molecule has 0 spiro atoms. The van der Waals surface area contributed by atoms with Crippen molar-refractivity contribution in [1.29, 1.82) is 0 Å². The van der Waals surface area contributed by atoms with E-state index in [-0.39, 0.29) is 29.6 Å². The molecule has 2 bridgehead atoms.